The fraction of sp³-hybridized carbons (Fsp3) is 0.308. The number of nitrogens with zero attached hydrogens (tertiary/aromatic N) is 1. The minimum absolute atomic E-state index is 0.203. The Morgan fingerprint density at radius 1 is 1.52 bits per heavy atom. The Morgan fingerprint density at radius 2 is 2.19 bits per heavy atom. The Bertz CT molecular complexity index is 665. The first kappa shape index (κ1) is 17.0. The number of halogens is 1. The molecule has 0 aliphatic carbocycles. The van der Waals surface area contributed by atoms with Gasteiger partial charge in [0.1, 0.15) is 16.5 Å². The summed E-state index contributed by atoms with van der Waals surface area (Å²) >= 11 is 0. The van der Waals surface area contributed by atoms with E-state index in [1.165, 1.54) is 13.0 Å². The molecule has 1 aromatic carbocycles. The number of nitrogens with two attached hydrogens (primary N) is 1. The standard InChI is InChI=1S/C13H18FN3O3S/c1-3-6-16-10-4-5-12(11(14)8-10)21(19,20)17-13(15)7-9(2)18/h4-5,7-8,16,18H,3,6H2,1-2H3,(H2,15,17)/b9-7-. The van der Waals surface area contributed by atoms with Gasteiger partial charge < -0.3 is 16.2 Å². The van der Waals surface area contributed by atoms with Crippen LogP contribution in [0.5, 0.6) is 0 Å². The van der Waals surface area contributed by atoms with E-state index in [4.69, 9.17) is 10.8 Å². The predicted molar refractivity (Wildman–Crippen MR) is 80.4 cm³/mol. The SMILES string of the molecule is CCCNc1ccc(S(=O)(=O)/N=C(N)\C=C(\C)O)c(F)c1. The molecule has 0 spiro atoms. The maximum absolute atomic E-state index is 13.9. The first-order valence-electron chi connectivity index (χ1n) is 6.27. The highest BCUT2D eigenvalue weighted by Crippen LogP contribution is 2.21. The highest BCUT2D eigenvalue weighted by molar-refractivity contribution is 7.90. The first-order chi connectivity index (χ1) is 9.76. The highest BCUT2D eigenvalue weighted by Gasteiger charge is 2.19. The summed E-state index contributed by atoms with van der Waals surface area (Å²) in [5.74, 6) is -1.55. The topological polar surface area (TPSA) is 105 Å². The lowest BCUT2D eigenvalue weighted by Crippen LogP contribution is -2.13. The van der Waals surface area contributed by atoms with Gasteiger partial charge in [-0.25, -0.2) is 4.39 Å². The van der Waals surface area contributed by atoms with Gasteiger partial charge >= 0.3 is 0 Å². The van der Waals surface area contributed by atoms with Crippen LogP contribution in [0, 0.1) is 5.82 Å². The third kappa shape index (κ3) is 5.07. The van der Waals surface area contributed by atoms with Gasteiger partial charge in [0.2, 0.25) is 0 Å². The predicted octanol–water partition coefficient (Wildman–Crippen LogP) is 2.16. The third-order valence-corrected chi connectivity index (χ3v) is 3.71. The summed E-state index contributed by atoms with van der Waals surface area (Å²) in [4.78, 5) is -0.573. The first-order valence-corrected chi connectivity index (χ1v) is 7.71. The van der Waals surface area contributed by atoms with Crippen LogP contribution in [0.3, 0.4) is 0 Å². The Hall–Kier alpha value is -2.09. The molecule has 0 saturated heterocycles. The van der Waals surface area contributed by atoms with E-state index >= 15 is 0 Å². The van der Waals surface area contributed by atoms with E-state index in [-0.39, 0.29) is 5.76 Å². The van der Waals surface area contributed by atoms with E-state index in [2.05, 4.69) is 9.71 Å². The number of anilines is 1. The number of aliphatic hydroxyl groups excluding tert-OH is 1. The van der Waals surface area contributed by atoms with Crippen LogP contribution in [0.25, 0.3) is 0 Å². The van der Waals surface area contributed by atoms with Crippen LogP contribution in [-0.2, 0) is 10.0 Å². The zero-order chi connectivity index (χ0) is 16.0. The number of amidine groups is 1. The summed E-state index contributed by atoms with van der Waals surface area (Å²) in [6.07, 6.45) is 1.82. The Morgan fingerprint density at radius 3 is 2.71 bits per heavy atom. The van der Waals surface area contributed by atoms with E-state index in [0.29, 0.717) is 12.2 Å². The van der Waals surface area contributed by atoms with Gasteiger partial charge in [0, 0.05) is 18.3 Å². The summed E-state index contributed by atoms with van der Waals surface area (Å²) in [5.41, 5.74) is 5.83. The average Bonchev–Trinajstić information content (AvgIpc) is 2.34. The van der Waals surface area contributed by atoms with Crippen molar-refractivity contribution in [3.63, 3.8) is 0 Å². The van der Waals surface area contributed by atoms with Crippen LogP contribution in [0.4, 0.5) is 10.1 Å². The third-order valence-electron chi connectivity index (χ3n) is 2.37. The van der Waals surface area contributed by atoms with E-state index in [9.17, 15) is 12.8 Å². The number of hydrogen-bond acceptors (Lipinski definition) is 4. The number of hydrogen-bond donors (Lipinski definition) is 3. The normalized spacial score (nSPS) is 13.3. The molecule has 0 atom stereocenters. The summed E-state index contributed by atoms with van der Waals surface area (Å²) in [7, 11) is -4.27. The molecule has 0 heterocycles. The van der Waals surface area contributed by atoms with Crippen LogP contribution in [0.15, 0.2) is 39.3 Å². The van der Waals surface area contributed by atoms with Gasteiger partial charge in [0.15, 0.2) is 0 Å². The van der Waals surface area contributed by atoms with Gasteiger partial charge in [0.25, 0.3) is 10.0 Å². The zero-order valence-electron chi connectivity index (χ0n) is 11.8. The second-order valence-corrected chi connectivity index (χ2v) is 5.92. The fourth-order valence-electron chi connectivity index (χ4n) is 1.52. The lowest BCUT2D eigenvalue weighted by atomic mass is 10.3. The molecule has 0 aromatic heterocycles. The molecule has 4 N–H and O–H groups in total. The van der Waals surface area contributed by atoms with Crippen LogP contribution in [-0.4, -0.2) is 25.9 Å². The van der Waals surface area contributed by atoms with E-state index in [1.54, 1.807) is 0 Å². The Labute approximate surface area is 123 Å². The number of allylic oxidation sites excluding steroid dienone is 1. The molecular formula is C13H18FN3O3S. The molecule has 8 heteroatoms. The average molecular weight is 315 g/mol. The summed E-state index contributed by atoms with van der Waals surface area (Å²) < 4.78 is 41.0. The molecule has 0 bridgehead atoms. The second-order valence-electron chi connectivity index (χ2n) is 4.35. The minimum atomic E-state index is -4.27. The van der Waals surface area contributed by atoms with Crippen molar-refractivity contribution < 1.29 is 17.9 Å². The van der Waals surface area contributed by atoms with Crippen LogP contribution in [0.1, 0.15) is 20.3 Å². The van der Waals surface area contributed by atoms with Gasteiger partial charge in [-0.15, -0.1) is 4.40 Å². The number of rotatable bonds is 6. The second kappa shape index (κ2) is 7.07. The van der Waals surface area contributed by atoms with Crippen molar-refractivity contribution in [1.82, 2.24) is 0 Å². The quantitative estimate of drug-likeness (QED) is 0.424. The Kier molecular flexibility index (Phi) is 5.71. The van der Waals surface area contributed by atoms with Crippen molar-refractivity contribution in [2.45, 2.75) is 25.2 Å². The summed E-state index contributed by atoms with van der Waals surface area (Å²) in [5, 5.41) is 11.9. The number of benzene rings is 1. The molecule has 6 nitrogen and oxygen atoms in total. The molecule has 0 aliphatic heterocycles. The van der Waals surface area contributed by atoms with Crippen molar-refractivity contribution >= 4 is 21.5 Å². The Balaban J connectivity index is 3.12. The van der Waals surface area contributed by atoms with E-state index < -0.39 is 26.6 Å². The molecule has 0 radical (unpaired) electrons. The maximum Gasteiger partial charge on any atom is 0.287 e. The summed E-state index contributed by atoms with van der Waals surface area (Å²) in [6.45, 7) is 3.91. The molecular weight excluding hydrogens is 297 g/mol. The number of sulfonamides is 1. The van der Waals surface area contributed by atoms with Crippen molar-refractivity contribution in [3.8, 4) is 0 Å². The van der Waals surface area contributed by atoms with Crippen LogP contribution < -0.4 is 11.1 Å². The molecule has 21 heavy (non-hydrogen) atoms. The maximum atomic E-state index is 13.9. The molecule has 0 unspecified atom stereocenters. The van der Waals surface area contributed by atoms with E-state index in [1.807, 2.05) is 6.92 Å². The monoisotopic (exact) mass is 315 g/mol. The van der Waals surface area contributed by atoms with Gasteiger partial charge in [-0.2, -0.15) is 8.42 Å². The van der Waals surface area contributed by atoms with Gasteiger partial charge in [-0.05, 0) is 31.5 Å². The zero-order valence-corrected chi connectivity index (χ0v) is 12.6. The van der Waals surface area contributed by atoms with Gasteiger partial charge in [0.05, 0.1) is 5.76 Å². The minimum Gasteiger partial charge on any atom is -0.512 e. The van der Waals surface area contributed by atoms with Crippen LogP contribution in [0.2, 0.25) is 0 Å². The molecule has 0 saturated carbocycles. The highest BCUT2D eigenvalue weighted by atomic mass is 32.2. The number of aliphatic hydroxyl groups is 1. The fourth-order valence-corrected chi connectivity index (χ4v) is 2.49. The molecule has 1 aromatic rings. The smallest absolute Gasteiger partial charge is 0.287 e. The van der Waals surface area contributed by atoms with E-state index in [0.717, 1.165) is 24.6 Å². The van der Waals surface area contributed by atoms with Gasteiger partial charge in [-0.3, -0.25) is 0 Å². The lowest BCUT2D eigenvalue weighted by Gasteiger charge is -2.07. The molecule has 0 amide bonds. The van der Waals surface area contributed by atoms with Crippen molar-refractivity contribution in [1.29, 1.82) is 0 Å². The van der Waals surface area contributed by atoms with Crippen molar-refractivity contribution in [3.05, 3.63) is 35.9 Å². The largest absolute Gasteiger partial charge is 0.512 e. The van der Waals surface area contributed by atoms with Gasteiger partial charge in [-0.1, -0.05) is 6.92 Å². The molecule has 116 valence electrons. The van der Waals surface area contributed by atoms with Crippen molar-refractivity contribution in [2.75, 3.05) is 11.9 Å². The molecule has 0 fully saturated rings. The number of nitrogens with one attached hydrogen (secondary N) is 1. The lowest BCUT2D eigenvalue weighted by molar-refractivity contribution is 0.415. The molecule has 0 aliphatic rings. The summed E-state index contributed by atoms with van der Waals surface area (Å²) in [6, 6.07) is 3.65. The van der Waals surface area contributed by atoms with Crippen LogP contribution >= 0.6 is 0 Å². The van der Waals surface area contributed by atoms with Crippen molar-refractivity contribution in [2.24, 2.45) is 10.1 Å². The molecule has 1 rings (SSSR count).